The first kappa shape index (κ1) is 20.0. The first-order valence-corrected chi connectivity index (χ1v) is 10.1. The van der Waals surface area contributed by atoms with Crippen molar-refractivity contribution >= 4 is 17.4 Å². The Morgan fingerprint density at radius 2 is 1.87 bits per heavy atom. The van der Waals surface area contributed by atoms with Crippen molar-refractivity contribution in [3.63, 3.8) is 0 Å². The molecule has 1 atom stereocenters. The summed E-state index contributed by atoms with van der Waals surface area (Å²) >= 11 is 0. The molecule has 1 amide bonds. The molecule has 7 nitrogen and oxygen atoms in total. The summed E-state index contributed by atoms with van der Waals surface area (Å²) in [5, 5.41) is 4.40. The van der Waals surface area contributed by atoms with E-state index >= 15 is 0 Å². The van der Waals surface area contributed by atoms with Gasteiger partial charge in [0.05, 0.1) is 18.9 Å². The number of amides is 1. The molecule has 0 aliphatic carbocycles. The first-order valence-electron chi connectivity index (χ1n) is 10.1. The molecule has 8 heteroatoms. The number of aryl methyl sites for hydroxylation is 2. The molecule has 0 unspecified atom stereocenters. The molecule has 0 bridgehead atoms. The van der Waals surface area contributed by atoms with Gasteiger partial charge < -0.3 is 9.80 Å². The maximum absolute atomic E-state index is 13.0. The van der Waals surface area contributed by atoms with Crippen LogP contribution in [0.1, 0.15) is 30.8 Å². The van der Waals surface area contributed by atoms with E-state index in [0.717, 1.165) is 34.9 Å². The second kappa shape index (κ2) is 8.22. The van der Waals surface area contributed by atoms with E-state index < -0.39 is 0 Å². The van der Waals surface area contributed by atoms with Crippen molar-refractivity contribution in [2.75, 3.05) is 23.4 Å². The number of fused-ring (bicyclic) bond motifs is 1. The van der Waals surface area contributed by atoms with Crippen molar-refractivity contribution in [3.8, 4) is 0 Å². The van der Waals surface area contributed by atoms with Crippen LogP contribution < -0.4 is 9.80 Å². The molecule has 0 radical (unpaired) electrons. The van der Waals surface area contributed by atoms with Gasteiger partial charge in [0.15, 0.2) is 5.82 Å². The molecular weight excluding hydrogens is 383 g/mol. The smallest absolute Gasteiger partial charge is 0.249 e. The number of nitrogens with zero attached hydrogens (tertiary/aromatic N) is 6. The third kappa shape index (κ3) is 3.90. The van der Waals surface area contributed by atoms with E-state index in [1.807, 2.05) is 35.8 Å². The van der Waals surface area contributed by atoms with Gasteiger partial charge in [-0.2, -0.15) is 5.10 Å². The van der Waals surface area contributed by atoms with Crippen LogP contribution in [-0.4, -0.2) is 45.3 Å². The minimum atomic E-state index is -0.239. The van der Waals surface area contributed by atoms with Crippen molar-refractivity contribution in [2.45, 2.75) is 39.3 Å². The van der Waals surface area contributed by atoms with Crippen LogP contribution in [0.2, 0.25) is 0 Å². The molecule has 0 N–H and O–H groups in total. The van der Waals surface area contributed by atoms with Crippen molar-refractivity contribution < 1.29 is 9.18 Å². The second-order valence-electron chi connectivity index (χ2n) is 7.53. The molecule has 0 fully saturated rings. The number of carbonyl (C=O) groups is 1. The molecule has 30 heavy (non-hydrogen) atoms. The Balaban J connectivity index is 1.45. The molecule has 0 saturated carbocycles. The van der Waals surface area contributed by atoms with Crippen LogP contribution in [0.3, 0.4) is 0 Å². The molecule has 4 rings (SSSR count). The zero-order valence-electron chi connectivity index (χ0n) is 17.4. The zero-order chi connectivity index (χ0) is 21.3. The summed E-state index contributed by atoms with van der Waals surface area (Å²) in [7, 11) is 1.77. The predicted octanol–water partition coefficient (Wildman–Crippen LogP) is 2.84. The number of hydrogen-bond acceptors (Lipinski definition) is 5. The van der Waals surface area contributed by atoms with E-state index in [1.54, 1.807) is 30.3 Å². The molecule has 1 aliphatic heterocycles. The van der Waals surface area contributed by atoms with Gasteiger partial charge in [-0.3, -0.25) is 9.48 Å². The van der Waals surface area contributed by atoms with Crippen LogP contribution in [0, 0.1) is 5.82 Å². The Labute approximate surface area is 175 Å². The van der Waals surface area contributed by atoms with E-state index in [9.17, 15) is 9.18 Å². The Kier molecular flexibility index (Phi) is 5.48. The number of rotatable bonds is 6. The van der Waals surface area contributed by atoms with Crippen molar-refractivity contribution in [2.24, 2.45) is 0 Å². The Morgan fingerprint density at radius 1 is 1.10 bits per heavy atom. The standard InChI is InChI=1S/C22H25FN6O/c1-4-29-15(2)22(30)27(3)19-12-24-20(26-21(19)29)10-7-17-11-25-28(14-17)13-16-5-8-18(23)9-6-16/h5-6,8-9,11-12,14-15H,4,7,10,13H2,1-3H3/t15-/m1/s1. The third-order valence-electron chi connectivity index (χ3n) is 5.51. The van der Waals surface area contributed by atoms with Gasteiger partial charge in [-0.1, -0.05) is 12.1 Å². The van der Waals surface area contributed by atoms with Gasteiger partial charge in [-0.15, -0.1) is 0 Å². The molecule has 0 saturated heterocycles. The minimum Gasteiger partial charge on any atom is -0.343 e. The minimum absolute atomic E-state index is 0.0502. The summed E-state index contributed by atoms with van der Waals surface area (Å²) < 4.78 is 14.9. The van der Waals surface area contributed by atoms with Crippen molar-refractivity contribution in [1.82, 2.24) is 19.7 Å². The van der Waals surface area contributed by atoms with Crippen LogP contribution in [0.15, 0.2) is 42.9 Å². The van der Waals surface area contributed by atoms with Crippen LogP contribution >= 0.6 is 0 Å². The largest absolute Gasteiger partial charge is 0.343 e. The Bertz CT molecular complexity index is 1050. The topological polar surface area (TPSA) is 67.2 Å². The van der Waals surface area contributed by atoms with Crippen LogP contribution in [0.4, 0.5) is 15.9 Å². The fraction of sp³-hybridized carbons (Fsp3) is 0.364. The van der Waals surface area contributed by atoms with Crippen molar-refractivity contribution in [3.05, 3.63) is 65.6 Å². The Hall–Kier alpha value is -3.29. The van der Waals surface area contributed by atoms with E-state index in [4.69, 9.17) is 4.98 Å². The van der Waals surface area contributed by atoms with E-state index in [0.29, 0.717) is 19.5 Å². The summed E-state index contributed by atoms with van der Waals surface area (Å²) in [6.07, 6.45) is 7.02. The molecule has 3 heterocycles. The number of carbonyl (C=O) groups excluding carboxylic acids is 1. The summed E-state index contributed by atoms with van der Waals surface area (Å²) in [5.74, 6) is 1.36. The van der Waals surface area contributed by atoms with Gasteiger partial charge in [-0.25, -0.2) is 14.4 Å². The third-order valence-corrected chi connectivity index (χ3v) is 5.51. The first-order chi connectivity index (χ1) is 14.5. The average molecular weight is 408 g/mol. The van der Waals surface area contributed by atoms with Gasteiger partial charge >= 0.3 is 0 Å². The monoisotopic (exact) mass is 408 g/mol. The fourth-order valence-corrected chi connectivity index (χ4v) is 3.76. The Morgan fingerprint density at radius 3 is 2.60 bits per heavy atom. The summed E-state index contributed by atoms with van der Waals surface area (Å²) in [4.78, 5) is 25.3. The summed E-state index contributed by atoms with van der Waals surface area (Å²) in [6.45, 7) is 5.23. The summed E-state index contributed by atoms with van der Waals surface area (Å²) in [5.41, 5.74) is 2.83. The highest BCUT2D eigenvalue weighted by atomic mass is 19.1. The number of halogens is 1. The normalized spacial score (nSPS) is 16.1. The number of benzene rings is 1. The lowest BCUT2D eigenvalue weighted by molar-refractivity contribution is -0.119. The van der Waals surface area contributed by atoms with E-state index in [-0.39, 0.29) is 17.8 Å². The van der Waals surface area contributed by atoms with Gasteiger partial charge in [-0.05, 0) is 43.5 Å². The average Bonchev–Trinajstić information content (AvgIpc) is 3.20. The van der Waals surface area contributed by atoms with Crippen molar-refractivity contribution in [1.29, 1.82) is 0 Å². The van der Waals surface area contributed by atoms with Gasteiger partial charge in [0.2, 0.25) is 5.91 Å². The lowest BCUT2D eigenvalue weighted by Gasteiger charge is -2.38. The lowest BCUT2D eigenvalue weighted by Crippen LogP contribution is -2.51. The van der Waals surface area contributed by atoms with Crippen LogP contribution in [0.5, 0.6) is 0 Å². The zero-order valence-corrected chi connectivity index (χ0v) is 17.4. The fourth-order valence-electron chi connectivity index (χ4n) is 3.76. The predicted molar refractivity (Wildman–Crippen MR) is 113 cm³/mol. The summed E-state index contributed by atoms with van der Waals surface area (Å²) in [6, 6.07) is 6.21. The van der Waals surface area contributed by atoms with Crippen LogP contribution in [0.25, 0.3) is 0 Å². The quantitative estimate of drug-likeness (QED) is 0.628. The van der Waals surface area contributed by atoms with Gasteiger partial charge in [0, 0.05) is 26.2 Å². The number of likely N-dealkylation sites (N-methyl/N-ethyl adjacent to an activating group) is 2. The highest BCUT2D eigenvalue weighted by Crippen LogP contribution is 2.32. The molecular formula is C22H25FN6O. The second-order valence-corrected chi connectivity index (χ2v) is 7.53. The molecule has 2 aromatic heterocycles. The maximum Gasteiger partial charge on any atom is 0.249 e. The molecule has 1 aliphatic rings. The van der Waals surface area contributed by atoms with E-state index in [2.05, 4.69) is 10.1 Å². The SMILES string of the molecule is CCN1c2nc(CCc3cnn(Cc4ccc(F)cc4)c3)ncc2N(C)C(=O)[C@H]1C. The van der Waals surface area contributed by atoms with E-state index in [1.165, 1.54) is 12.1 Å². The van der Waals surface area contributed by atoms with Crippen LogP contribution in [-0.2, 0) is 24.2 Å². The number of anilines is 2. The molecule has 0 spiro atoms. The van der Waals surface area contributed by atoms with Gasteiger partial charge in [0.25, 0.3) is 0 Å². The van der Waals surface area contributed by atoms with Gasteiger partial charge in [0.1, 0.15) is 23.4 Å². The maximum atomic E-state index is 13.0. The lowest BCUT2D eigenvalue weighted by atomic mass is 10.1. The highest BCUT2D eigenvalue weighted by Gasteiger charge is 2.34. The highest BCUT2D eigenvalue weighted by molar-refractivity contribution is 6.03. The number of hydrogen-bond donors (Lipinski definition) is 0. The molecule has 156 valence electrons. The molecule has 1 aromatic carbocycles. The molecule has 3 aromatic rings. The number of aromatic nitrogens is 4.